The lowest BCUT2D eigenvalue weighted by molar-refractivity contribution is -0.154. The second-order valence-corrected chi connectivity index (χ2v) is 16.7. The number of hydrogen-bond donors (Lipinski definition) is 0. The zero-order valence-electron chi connectivity index (χ0n) is 21.8. The van der Waals surface area contributed by atoms with Gasteiger partial charge in [-0.1, -0.05) is 78.1 Å². The van der Waals surface area contributed by atoms with Gasteiger partial charge in [0.1, 0.15) is 17.2 Å². The minimum Gasteiger partial charge on any atom is -0.405 e. The molecule has 0 spiro atoms. The van der Waals surface area contributed by atoms with Crippen molar-refractivity contribution in [3.63, 3.8) is 0 Å². The number of rotatable bonds is 16. The van der Waals surface area contributed by atoms with Crippen molar-refractivity contribution in [1.82, 2.24) is 4.98 Å². The zero-order chi connectivity index (χ0) is 23.6. The molecule has 4 nitrogen and oxygen atoms in total. The van der Waals surface area contributed by atoms with Crippen LogP contribution in [0.4, 0.5) is 0 Å². The highest BCUT2D eigenvalue weighted by molar-refractivity contribution is 7.09. The van der Waals surface area contributed by atoms with Gasteiger partial charge < -0.3 is 13.9 Å². The van der Waals surface area contributed by atoms with Crippen LogP contribution in [0, 0.1) is 5.92 Å². The lowest BCUT2D eigenvalue weighted by Gasteiger charge is -2.31. The van der Waals surface area contributed by atoms with E-state index < -0.39 is 14.1 Å². The summed E-state index contributed by atoms with van der Waals surface area (Å²) in [7, 11) is -1.76. The second kappa shape index (κ2) is 13.6. The van der Waals surface area contributed by atoms with Crippen LogP contribution in [0.15, 0.2) is 11.6 Å². The molecule has 0 amide bonds. The maximum absolute atomic E-state index is 6.58. The van der Waals surface area contributed by atoms with E-state index in [0.29, 0.717) is 0 Å². The summed E-state index contributed by atoms with van der Waals surface area (Å²) < 4.78 is 19.3. The first-order valence-corrected chi connectivity index (χ1v) is 17.3. The Labute approximate surface area is 203 Å². The van der Waals surface area contributed by atoms with Crippen LogP contribution >= 0.6 is 11.3 Å². The Morgan fingerprint density at radius 1 is 0.969 bits per heavy atom. The number of ether oxygens (including phenoxy) is 2. The topological polar surface area (TPSA) is 40.6 Å². The van der Waals surface area contributed by atoms with Crippen LogP contribution in [0.1, 0.15) is 109 Å². The molecular weight excluding hydrogens is 434 g/mol. The van der Waals surface area contributed by atoms with E-state index in [1.807, 2.05) is 25.4 Å². The van der Waals surface area contributed by atoms with Gasteiger partial charge in [0.05, 0.1) is 6.10 Å². The molecule has 6 heteroatoms. The third-order valence-electron chi connectivity index (χ3n) is 5.97. The second-order valence-electron chi connectivity index (χ2n) is 11.3. The smallest absolute Gasteiger partial charge is 0.184 e. The van der Waals surface area contributed by atoms with E-state index in [9.17, 15) is 0 Å². The molecule has 0 saturated carbocycles. The molecule has 1 aromatic rings. The molecule has 1 aliphatic rings. The fraction of sp³-hybridized carbons (Fsp3) is 0.885. The van der Waals surface area contributed by atoms with Crippen LogP contribution in [0.25, 0.3) is 0 Å². The molecule has 0 radical (unpaired) electrons. The predicted octanol–water partition coefficient (Wildman–Crippen LogP) is 8.50. The Morgan fingerprint density at radius 2 is 1.56 bits per heavy atom. The first kappa shape index (κ1) is 28.0. The monoisotopic (exact) mass is 483 g/mol. The predicted molar refractivity (Wildman–Crippen MR) is 139 cm³/mol. The van der Waals surface area contributed by atoms with Crippen LogP contribution in [0.2, 0.25) is 19.6 Å². The summed E-state index contributed by atoms with van der Waals surface area (Å²) in [4.78, 5) is 4.57. The van der Waals surface area contributed by atoms with E-state index in [2.05, 4.69) is 38.5 Å². The van der Waals surface area contributed by atoms with Crippen molar-refractivity contribution >= 4 is 19.7 Å². The van der Waals surface area contributed by atoms with E-state index >= 15 is 0 Å². The van der Waals surface area contributed by atoms with Gasteiger partial charge in [0.15, 0.2) is 14.1 Å². The van der Waals surface area contributed by atoms with E-state index in [-0.39, 0.29) is 18.3 Å². The number of aromatic nitrogens is 1. The molecule has 1 aliphatic heterocycles. The lowest BCUT2D eigenvalue weighted by Crippen LogP contribution is -2.38. The third kappa shape index (κ3) is 10.8. The summed E-state index contributed by atoms with van der Waals surface area (Å²) in [6.45, 7) is 15.4. The summed E-state index contributed by atoms with van der Waals surface area (Å²) >= 11 is 1.66. The van der Waals surface area contributed by atoms with Gasteiger partial charge in [-0.15, -0.1) is 11.3 Å². The number of hydrogen-bond acceptors (Lipinski definition) is 5. The van der Waals surface area contributed by atoms with Gasteiger partial charge >= 0.3 is 0 Å². The first-order chi connectivity index (χ1) is 15.1. The van der Waals surface area contributed by atoms with Gasteiger partial charge in [-0.2, -0.15) is 0 Å². The molecule has 2 heterocycles. The highest BCUT2D eigenvalue weighted by Crippen LogP contribution is 2.40. The van der Waals surface area contributed by atoms with Gasteiger partial charge in [0, 0.05) is 11.6 Å². The quantitative estimate of drug-likeness (QED) is 0.174. The molecule has 3 atom stereocenters. The Balaban J connectivity index is 1.74. The van der Waals surface area contributed by atoms with E-state index in [0.717, 1.165) is 17.3 Å². The maximum Gasteiger partial charge on any atom is 0.184 e. The standard InChI is InChI=1S/C26H49NO3SSi/c1-21(2)17-15-13-11-9-8-10-12-14-16-18-22-23(29-26(3,4)28-22)24(30-32(5,6)7)25-27-19-20-31-25/h19-24H,8-18H2,1-7H3/t22-,23-,24-/m1/s1. The largest absolute Gasteiger partial charge is 0.405 e. The van der Waals surface area contributed by atoms with E-state index in [1.165, 1.54) is 64.2 Å². The van der Waals surface area contributed by atoms with Crippen LogP contribution < -0.4 is 0 Å². The van der Waals surface area contributed by atoms with Crippen molar-refractivity contribution in [2.75, 3.05) is 0 Å². The lowest BCUT2D eigenvalue weighted by atomic mass is 10.0. The minimum absolute atomic E-state index is 0.0659. The Hall–Kier alpha value is -0.273. The van der Waals surface area contributed by atoms with E-state index in [1.54, 1.807) is 11.3 Å². The number of unbranched alkanes of at least 4 members (excludes halogenated alkanes) is 8. The van der Waals surface area contributed by atoms with Crippen LogP contribution in [-0.2, 0) is 13.9 Å². The molecule has 1 saturated heterocycles. The summed E-state index contributed by atoms with van der Waals surface area (Å²) in [6, 6.07) is 0. The normalized spacial score (nSPS) is 22.0. The molecule has 0 bridgehead atoms. The Bertz CT molecular complexity index is 615. The highest BCUT2D eigenvalue weighted by Gasteiger charge is 2.47. The van der Waals surface area contributed by atoms with Crippen LogP contribution in [-0.4, -0.2) is 31.3 Å². The molecule has 1 fully saturated rings. The summed E-state index contributed by atoms with van der Waals surface area (Å²) in [6.07, 6.45) is 16.3. The number of thiazole rings is 1. The fourth-order valence-electron chi connectivity index (χ4n) is 4.49. The third-order valence-corrected chi connectivity index (χ3v) is 7.76. The molecular formula is C26H49NO3SSi. The van der Waals surface area contributed by atoms with Crippen molar-refractivity contribution in [3.05, 3.63) is 16.6 Å². The van der Waals surface area contributed by atoms with Crippen molar-refractivity contribution < 1.29 is 13.9 Å². The summed E-state index contributed by atoms with van der Waals surface area (Å²) in [5.41, 5.74) is 0. The molecule has 32 heavy (non-hydrogen) atoms. The Kier molecular flexibility index (Phi) is 11.9. The average Bonchev–Trinajstić information content (AvgIpc) is 3.31. The molecule has 186 valence electrons. The highest BCUT2D eigenvalue weighted by atomic mass is 32.1. The van der Waals surface area contributed by atoms with Gasteiger partial charge in [0.2, 0.25) is 0 Å². The molecule has 2 rings (SSSR count). The van der Waals surface area contributed by atoms with Crippen molar-refractivity contribution in [3.8, 4) is 0 Å². The Morgan fingerprint density at radius 3 is 2.09 bits per heavy atom. The fourth-order valence-corrected chi connectivity index (χ4v) is 6.28. The zero-order valence-corrected chi connectivity index (χ0v) is 23.6. The van der Waals surface area contributed by atoms with Crippen molar-refractivity contribution in [2.45, 2.75) is 142 Å². The molecule has 0 unspecified atom stereocenters. The SMILES string of the molecule is CC(C)CCCCCCCCCCC[C@H]1OC(C)(C)O[C@H]1[C@@H](O[Si](C)(C)C)c1nccs1. The van der Waals surface area contributed by atoms with Crippen LogP contribution in [0.5, 0.6) is 0 Å². The first-order valence-electron chi connectivity index (χ1n) is 13.0. The van der Waals surface area contributed by atoms with Gasteiger partial charge in [-0.25, -0.2) is 4.98 Å². The molecule has 0 N–H and O–H groups in total. The molecule has 0 aliphatic carbocycles. The molecule has 1 aromatic heterocycles. The number of nitrogens with zero attached hydrogens (tertiary/aromatic N) is 1. The van der Waals surface area contributed by atoms with E-state index in [4.69, 9.17) is 13.9 Å². The molecule has 0 aromatic carbocycles. The van der Waals surface area contributed by atoms with Gasteiger partial charge in [-0.3, -0.25) is 0 Å². The summed E-state index contributed by atoms with van der Waals surface area (Å²) in [5.74, 6) is 0.289. The summed E-state index contributed by atoms with van der Waals surface area (Å²) in [5, 5.41) is 3.04. The minimum atomic E-state index is -1.76. The maximum atomic E-state index is 6.58. The van der Waals surface area contributed by atoms with Crippen molar-refractivity contribution in [2.24, 2.45) is 5.92 Å². The van der Waals surface area contributed by atoms with Gasteiger partial charge in [-0.05, 0) is 45.8 Å². The van der Waals surface area contributed by atoms with Crippen LogP contribution in [0.3, 0.4) is 0 Å². The van der Waals surface area contributed by atoms with Gasteiger partial charge in [0.25, 0.3) is 0 Å². The average molecular weight is 484 g/mol. The van der Waals surface area contributed by atoms with Crippen molar-refractivity contribution in [1.29, 1.82) is 0 Å².